The number of ether oxygens (including phenoxy) is 1. The van der Waals surface area contributed by atoms with Crippen molar-refractivity contribution < 1.29 is 17.9 Å². The van der Waals surface area contributed by atoms with E-state index in [4.69, 9.17) is 10.5 Å². The van der Waals surface area contributed by atoms with Crippen molar-refractivity contribution in [3.05, 3.63) is 47.9 Å². The van der Waals surface area contributed by atoms with E-state index < -0.39 is 11.9 Å². The van der Waals surface area contributed by atoms with Crippen LogP contribution >= 0.6 is 0 Å². The summed E-state index contributed by atoms with van der Waals surface area (Å²) in [5, 5.41) is 0.180. The highest BCUT2D eigenvalue weighted by Gasteiger charge is 2.33. The van der Waals surface area contributed by atoms with Crippen molar-refractivity contribution in [1.82, 2.24) is 15.0 Å². The van der Waals surface area contributed by atoms with Crippen molar-refractivity contribution in [2.75, 3.05) is 12.3 Å². The number of nitrogens with zero attached hydrogens (tertiary/aromatic N) is 2. The number of para-hydroxylation sites is 1. The Balaban J connectivity index is 0.000000150. The summed E-state index contributed by atoms with van der Waals surface area (Å²) in [5.74, 6) is 1.74. The van der Waals surface area contributed by atoms with Gasteiger partial charge in [0.2, 0.25) is 0 Å². The number of aromatic nitrogens is 3. The molecule has 0 unspecified atom stereocenters. The average molecular weight is 350 g/mol. The third kappa shape index (κ3) is 3.52. The lowest BCUT2D eigenvalue weighted by atomic mass is 9.99. The first-order chi connectivity index (χ1) is 11.9. The van der Waals surface area contributed by atoms with Crippen LogP contribution in [0.5, 0.6) is 5.75 Å². The average Bonchev–Trinajstić information content (AvgIpc) is 3.20. The molecule has 0 bridgehead atoms. The molecule has 1 aliphatic heterocycles. The van der Waals surface area contributed by atoms with Gasteiger partial charge in [0.1, 0.15) is 29.2 Å². The second-order valence-electron chi connectivity index (χ2n) is 5.66. The highest BCUT2D eigenvalue weighted by atomic mass is 19.4. The number of hydrogen-bond donors (Lipinski definition) is 2. The molecule has 2 aromatic heterocycles. The molecule has 5 nitrogen and oxygen atoms in total. The Morgan fingerprint density at radius 1 is 1.28 bits per heavy atom. The fraction of sp³-hybridized carbons (Fsp3) is 0.294. The van der Waals surface area contributed by atoms with Crippen LogP contribution < -0.4 is 10.5 Å². The highest BCUT2D eigenvalue weighted by molar-refractivity contribution is 5.86. The zero-order chi connectivity index (χ0) is 18.0. The number of fused-ring (bicyclic) bond motifs is 2. The lowest BCUT2D eigenvalue weighted by Gasteiger charge is -2.01. The van der Waals surface area contributed by atoms with Crippen LogP contribution in [-0.2, 0) is 6.18 Å². The van der Waals surface area contributed by atoms with Crippen LogP contribution in [0.1, 0.15) is 30.5 Å². The number of rotatable bonds is 1. The first-order valence-electron chi connectivity index (χ1n) is 7.78. The molecule has 132 valence electrons. The SMILES string of the molecule is CC[C@H]1COc2ccccc21.Nc1ncnc2[nH]c(C(F)(F)F)cc12. The van der Waals surface area contributed by atoms with E-state index in [2.05, 4.69) is 34.0 Å². The summed E-state index contributed by atoms with van der Waals surface area (Å²) in [5.41, 5.74) is 5.97. The van der Waals surface area contributed by atoms with Gasteiger partial charge < -0.3 is 15.5 Å². The molecule has 4 rings (SSSR count). The number of H-pyrrole nitrogens is 1. The number of nitrogen functional groups attached to an aromatic ring is 1. The fourth-order valence-corrected chi connectivity index (χ4v) is 2.68. The molecule has 1 atom stereocenters. The largest absolute Gasteiger partial charge is 0.493 e. The maximum absolute atomic E-state index is 12.2. The molecule has 8 heteroatoms. The normalized spacial score (nSPS) is 16.1. The minimum atomic E-state index is -4.42. The Morgan fingerprint density at radius 3 is 2.72 bits per heavy atom. The summed E-state index contributed by atoms with van der Waals surface area (Å²) in [6.07, 6.45) is -2.14. The van der Waals surface area contributed by atoms with Crippen LogP contribution in [0, 0.1) is 0 Å². The fourth-order valence-electron chi connectivity index (χ4n) is 2.68. The van der Waals surface area contributed by atoms with Gasteiger partial charge in [0, 0.05) is 11.5 Å². The van der Waals surface area contributed by atoms with E-state index in [9.17, 15) is 13.2 Å². The van der Waals surface area contributed by atoms with E-state index in [1.807, 2.05) is 12.1 Å². The number of anilines is 1. The summed E-state index contributed by atoms with van der Waals surface area (Å²) >= 11 is 0. The van der Waals surface area contributed by atoms with Gasteiger partial charge >= 0.3 is 6.18 Å². The molecule has 0 spiro atoms. The van der Waals surface area contributed by atoms with Crippen molar-refractivity contribution in [2.45, 2.75) is 25.4 Å². The smallest absolute Gasteiger partial charge is 0.431 e. The molecular formula is C17H17F3N4O. The van der Waals surface area contributed by atoms with Gasteiger partial charge in [-0.25, -0.2) is 9.97 Å². The summed E-state index contributed by atoms with van der Waals surface area (Å²) in [6.45, 7) is 3.08. The molecule has 0 saturated heterocycles. The Kier molecular flexibility index (Phi) is 4.52. The number of aromatic amines is 1. The maximum Gasteiger partial charge on any atom is 0.431 e. The second-order valence-corrected chi connectivity index (χ2v) is 5.66. The highest BCUT2D eigenvalue weighted by Crippen LogP contribution is 2.35. The molecule has 1 aliphatic rings. The number of nitrogens with two attached hydrogens (primary N) is 1. The summed E-state index contributed by atoms with van der Waals surface area (Å²) < 4.78 is 42.2. The molecule has 0 amide bonds. The lowest BCUT2D eigenvalue weighted by Crippen LogP contribution is -2.04. The van der Waals surface area contributed by atoms with Crippen molar-refractivity contribution >= 4 is 16.9 Å². The van der Waals surface area contributed by atoms with E-state index >= 15 is 0 Å². The Hall–Kier alpha value is -2.77. The topological polar surface area (TPSA) is 76.8 Å². The number of halogens is 3. The Labute approximate surface area is 142 Å². The quantitative estimate of drug-likeness (QED) is 0.692. The molecular weight excluding hydrogens is 333 g/mol. The van der Waals surface area contributed by atoms with Gasteiger partial charge in [-0.1, -0.05) is 25.1 Å². The molecule has 0 aliphatic carbocycles. The predicted molar refractivity (Wildman–Crippen MR) is 88.3 cm³/mol. The minimum absolute atomic E-state index is 0.0294. The lowest BCUT2D eigenvalue weighted by molar-refractivity contribution is -0.140. The van der Waals surface area contributed by atoms with Gasteiger partial charge in [0.25, 0.3) is 0 Å². The van der Waals surface area contributed by atoms with E-state index in [0.717, 1.165) is 24.8 Å². The molecule has 3 N–H and O–H groups in total. The van der Waals surface area contributed by atoms with Crippen LogP contribution in [0.2, 0.25) is 0 Å². The zero-order valence-electron chi connectivity index (χ0n) is 13.5. The predicted octanol–water partition coefficient (Wildman–Crippen LogP) is 4.13. The molecule has 3 heterocycles. The molecule has 0 fully saturated rings. The van der Waals surface area contributed by atoms with Crippen molar-refractivity contribution in [1.29, 1.82) is 0 Å². The Bertz CT molecular complexity index is 876. The van der Waals surface area contributed by atoms with Crippen LogP contribution in [-0.4, -0.2) is 21.6 Å². The molecule has 1 aromatic carbocycles. The minimum Gasteiger partial charge on any atom is -0.493 e. The summed E-state index contributed by atoms with van der Waals surface area (Å²) in [4.78, 5) is 9.33. The second kappa shape index (κ2) is 6.62. The van der Waals surface area contributed by atoms with Crippen LogP contribution in [0.4, 0.5) is 19.0 Å². The van der Waals surface area contributed by atoms with Crippen molar-refractivity contribution in [2.24, 2.45) is 0 Å². The van der Waals surface area contributed by atoms with E-state index in [1.165, 1.54) is 12.0 Å². The molecule has 0 radical (unpaired) electrons. The monoisotopic (exact) mass is 350 g/mol. The third-order valence-corrected chi connectivity index (χ3v) is 4.05. The van der Waals surface area contributed by atoms with E-state index in [-0.39, 0.29) is 16.9 Å². The first-order valence-corrected chi connectivity index (χ1v) is 7.78. The zero-order valence-corrected chi connectivity index (χ0v) is 13.5. The molecule has 0 saturated carbocycles. The van der Waals surface area contributed by atoms with Crippen molar-refractivity contribution in [3.8, 4) is 5.75 Å². The van der Waals surface area contributed by atoms with Gasteiger partial charge in [0.15, 0.2) is 0 Å². The number of nitrogens with one attached hydrogen (secondary N) is 1. The van der Waals surface area contributed by atoms with Gasteiger partial charge in [-0.05, 0) is 18.6 Å². The summed E-state index contributed by atoms with van der Waals surface area (Å²) in [7, 11) is 0. The maximum atomic E-state index is 12.2. The van der Waals surface area contributed by atoms with E-state index in [0.29, 0.717) is 5.92 Å². The molecule has 25 heavy (non-hydrogen) atoms. The number of alkyl halides is 3. The van der Waals surface area contributed by atoms with Crippen LogP contribution in [0.25, 0.3) is 11.0 Å². The third-order valence-electron chi connectivity index (χ3n) is 4.05. The van der Waals surface area contributed by atoms with Crippen LogP contribution in [0.3, 0.4) is 0 Å². The standard InChI is InChI=1S/C10H12O.C7H5F3N4/c1-2-8-7-11-10-6-4-3-5-9(8)10;8-7(9,10)4-1-3-5(11)12-2-13-6(3)14-4/h3-6,8H,2,7H2,1H3;1-2H,(H3,11,12,13,14)/t8-;/m0./s1. The number of hydrogen-bond acceptors (Lipinski definition) is 4. The Morgan fingerprint density at radius 2 is 2.04 bits per heavy atom. The molecule has 3 aromatic rings. The number of benzene rings is 1. The van der Waals surface area contributed by atoms with Gasteiger partial charge in [-0.2, -0.15) is 13.2 Å². The van der Waals surface area contributed by atoms with Gasteiger partial charge in [-0.3, -0.25) is 0 Å². The van der Waals surface area contributed by atoms with Gasteiger partial charge in [-0.15, -0.1) is 0 Å². The van der Waals surface area contributed by atoms with E-state index in [1.54, 1.807) is 0 Å². The summed E-state index contributed by atoms with van der Waals surface area (Å²) in [6, 6.07) is 9.21. The van der Waals surface area contributed by atoms with Gasteiger partial charge in [0.05, 0.1) is 12.0 Å². The first kappa shape index (κ1) is 17.1. The van der Waals surface area contributed by atoms with Crippen LogP contribution in [0.15, 0.2) is 36.7 Å². The van der Waals surface area contributed by atoms with Crippen molar-refractivity contribution in [3.63, 3.8) is 0 Å².